The monoisotopic (exact) mass is 407 g/mol. The number of rotatable bonds is 5. The highest BCUT2D eigenvalue weighted by Crippen LogP contribution is 2.27. The predicted molar refractivity (Wildman–Crippen MR) is 109 cm³/mol. The summed E-state index contributed by atoms with van der Waals surface area (Å²) in [7, 11) is -1.20. The number of amides is 1. The molecule has 3 rings (SSSR count). The Bertz CT molecular complexity index is 986. The van der Waals surface area contributed by atoms with E-state index in [-0.39, 0.29) is 23.5 Å². The Morgan fingerprint density at radius 3 is 2.70 bits per heavy atom. The zero-order valence-electron chi connectivity index (χ0n) is 16.1. The second kappa shape index (κ2) is 7.59. The molecule has 6 nitrogen and oxygen atoms in total. The van der Waals surface area contributed by atoms with Crippen LogP contribution in [0.25, 0.3) is 6.08 Å². The second-order valence-corrected chi connectivity index (χ2v) is 10.7. The number of likely N-dealkylation sites (N-methyl/N-ethyl adjacent to an activating group) is 1. The van der Waals surface area contributed by atoms with E-state index in [0.717, 1.165) is 21.8 Å². The number of sulfone groups is 1. The van der Waals surface area contributed by atoms with Crippen LogP contribution in [0.3, 0.4) is 0 Å². The molecule has 0 aromatic carbocycles. The summed E-state index contributed by atoms with van der Waals surface area (Å²) in [6.07, 6.45) is 4.02. The Balaban J connectivity index is 1.71. The molecule has 0 saturated carbocycles. The first-order chi connectivity index (χ1) is 12.7. The highest BCUT2D eigenvalue weighted by molar-refractivity contribution is 7.91. The number of carbonyl (C=O) groups is 1. The third-order valence-electron chi connectivity index (χ3n) is 4.95. The molecule has 0 bridgehead atoms. The van der Waals surface area contributed by atoms with Crippen LogP contribution < -0.4 is 0 Å². The van der Waals surface area contributed by atoms with Crippen LogP contribution in [0.5, 0.6) is 0 Å². The number of carbonyl (C=O) groups excluding carboxylic acids is 1. The fraction of sp³-hybridized carbons (Fsp3) is 0.474. The van der Waals surface area contributed by atoms with Crippen LogP contribution in [0.2, 0.25) is 0 Å². The summed E-state index contributed by atoms with van der Waals surface area (Å²) in [5, 5.41) is 4.56. The van der Waals surface area contributed by atoms with Gasteiger partial charge in [-0.15, -0.1) is 11.3 Å². The minimum atomic E-state index is -2.97. The number of hydrogen-bond donors (Lipinski definition) is 0. The molecule has 0 radical (unpaired) electrons. The van der Waals surface area contributed by atoms with Gasteiger partial charge < -0.3 is 4.90 Å². The zero-order valence-corrected chi connectivity index (χ0v) is 17.7. The maximum Gasteiger partial charge on any atom is 0.246 e. The van der Waals surface area contributed by atoms with Crippen LogP contribution >= 0.6 is 11.3 Å². The van der Waals surface area contributed by atoms with E-state index in [9.17, 15) is 13.2 Å². The zero-order chi connectivity index (χ0) is 19.8. The minimum Gasteiger partial charge on any atom is -0.338 e. The minimum absolute atomic E-state index is 0.0731. The Kier molecular flexibility index (Phi) is 5.58. The maximum atomic E-state index is 12.4. The fourth-order valence-electron chi connectivity index (χ4n) is 3.39. The van der Waals surface area contributed by atoms with Gasteiger partial charge in [0.1, 0.15) is 0 Å². The van der Waals surface area contributed by atoms with Crippen molar-refractivity contribution in [1.82, 2.24) is 14.7 Å². The topological polar surface area (TPSA) is 72.3 Å². The highest BCUT2D eigenvalue weighted by atomic mass is 32.2. The summed E-state index contributed by atoms with van der Waals surface area (Å²) in [6, 6.07) is 3.92. The van der Waals surface area contributed by atoms with Gasteiger partial charge in [0.2, 0.25) is 5.91 Å². The molecule has 146 valence electrons. The molecule has 27 heavy (non-hydrogen) atoms. The highest BCUT2D eigenvalue weighted by Gasteiger charge is 2.31. The lowest BCUT2D eigenvalue weighted by Gasteiger charge is -2.16. The van der Waals surface area contributed by atoms with Gasteiger partial charge in [-0.3, -0.25) is 9.48 Å². The van der Waals surface area contributed by atoms with E-state index in [0.29, 0.717) is 13.0 Å². The van der Waals surface area contributed by atoms with Gasteiger partial charge in [-0.2, -0.15) is 5.10 Å². The Morgan fingerprint density at radius 1 is 1.37 bits per heavy atom. The van der Waals surface area contributed by atoms with Gasteiger partial charge in [-0.25, -0.2) is 8.42 Å². The smallest absolute Gasteiger partial charge is 0.246 e. The summed E-state index contributed by atoms with van der Waals surface area (Å²) in [5.74, 6) is 0.291. The van der Waals surface area contributed by atoms with Gasteiger partial charge in [-0.1, -0.05) is 0 Å². The van der Waals surface area contributed by atoms with Crippen molar-refractivity contribution in [3.05, 3.63) is 44.9 Å². The molecule has 1 atom stereocenters. The number of aromatic nitrogens is 2. The molecule has 0 aliphatic carbocycles. The van der Waals surface area contributed by atoms with Gasteiger partial charge in [0, 0.05) is 40.7 Å². The second-order valence-electron chi connectivity index (χ2n) is 7.13. The maximum absolute atomic E-state index is 12.4. The van der Waals surface area contributed by atoms with Crippen molar-refractivity contribution >= 4 is 33.2 Å². The van der Waals surface area contributed by atoms with Crippen LogP contribution in [0.4, 0.5) is 0 Å². The van der Waals surface area contributed by atoms with Crippen LogP contribution in [0.15, 0.2) is 18.2 Å². The quantitative estimate of drug-likeness (QED) is 0.715. The van der Waals surface area contributed by atoms with Crippen molar-refractivity contribution in [2.24, 2.45) is 0 Å². The lowest BCUT2D eigenvalue weighted by Crippen LogP contribution is -2.24. The molecular formula is C19H25N3O3S2. The number of nitrogens with zero attached hydrogens (tertiary/aromatic N) is 3. The standard InChI is InChI=1S/C19H25N3O3S2/c1-13-5-6-17(26-13)7-8-19(23)21(4)11-18-14(2)20-22(15(18)3)16-9-10-27(24,25)12-16/h5-8,16H,9-12H2,1-4H3/b8-7+/t16-/m1/s1. The average molecular weight is 408 g/mol. The van der Waals surface area contributed by atoms with Crippen LogP contribution in [0, 0.1) is 20.8 Å². The van der Waals surface area contributed by atoms with Crippen molar-refractivity contribution in [3.63, 3.8) is 0 Å². The van der Waals surface area contributed by atoms with E-state index >= 15 is 0 Å². The van der Waals surface area contributed by atoms with E-state index in [1.54, 1.807) is 29.4 Å². The first-order valence-electron chi connectivity index (χ1n) is 8.91. The van der Waals surface area contributed by atoms with Crippen molar-refractivity contribution < 1.29 is 13.2 Å². The largest absolute Gasteiger partial charge is 0.338 e. The third kappa shape index (κ3) is 4.50. The van der Waals surface area contributed by atoms with Crippen molar-refractivity contribution in [1.29, 1.82) is 0 Å². The molecule has 0 N–H and O–H groups in total. The molecule has 2 aromatic heterocycles. The fourth-order valence-corrected chi connectivity index (χ4v) is 5.86. The van der Waals surface area contributed by atoms with Crippen LogP contribution in [0.1, 0.15) is 39.2 Å². The summed E-state index contributed by atoms with van der Waals surface area (Å²) in [5.41, 5.74) is 2.76. The summed E-state index contributed by atoms with van der Waals surface area (Å²) < 4.78 is 25.4. The molecule has 1 fully saturated rings. The Labute approximate surface area is 164 Å². The van der Waals surface area contributed by atoms with Crippen LogP contribution in [-0.4, -0.2) is 47.6 Å². The molecule has 3 heterocycles. The average Bonchev–Trinajstić information content (AvgIpc) is 3.25. The van der Waals surface area contributed by atoms with Gasteiger partial charge in [0.15, 0.2) is 9.84 Å². The predicted octanol–water partition coefficient (Wildman–Crippen LogP) is 2.90. The molecule has 0 unspecified atom stereocenters. The third-order valence-corrected chi connectivity index (χ3v) is 7.67. The van der Waals surface area contributed by atoms with Gasteiger partial charge in [-0.05, 0) is 45.4 Å². The Hall–Kier alpha value is -1.93. The first-order valence-corrected chi connectivity index (χ1v) is 11.5. The van der Waals surface area contributed by atoms with E-state index in [2.05, 4.69) is 5.10 Å². The molecule has 1 saturated heterocycles. The summed E-state index contributed by atoms with van der Waals surface area (Å²) in [4.78, 5) is 16.4. The first kappa shape index (κ1) is 19.8. The Morgan fingerprint density at radius 2 is 2.11 bits per heavy atom. The lowest BCUT2D eigenvalue weighted by molar-refractivity contribution is -0.125. The van der Waals surface area contributed by atoms with E-state index in [1.807, 2.05) is 43.7 Å². The van der Waals surface area contributed by atoms with Crippen molar-refractivity contribution in [2.45, 2.75) is 39.8 Å². The van der Waals surface area contributed by atoms with Crippen molar-refractivity contribution in [3.8, 4) is 0 Å². The molecule has 1 aliphatic heterocycles. The van der Waals surface area contributed by atoms with Gasteiger partial charge in [0.05, 0.1) is 23.2 Å². The van der Waals surface area contributed by atoms with E-state index < -0.39 is 9.84 Å². The van der Waals surface area contributed by atoms with E-state index in [4.69, 9.17) is 0 Å². The number of hydrogen-bond acceptors (Lipinski definition) is 5. The van der Waals surface area contributed by atoms with Crippen LogP contribution in [-0.2, 0) is 21.2 Å². The number of aryl methyl sites for hydroxylation is 2. The molecule has 2 aromatic rings. The summed E-state index contributed by atoms with van der Waals surface area (Å²) >= 11 is 1.65. The summed E-state index contributed by atoms with van der Waals surface area (Å²) in [6.45, 7) is 6.34. The molecule has 1 amide bonds. The normalized spacial score (nSPS) is 19.0. The van der Waals surface area contributed by atoms with E-state index in [1.165, 1.54) is 4.88 Å². The lowest BCUT2D eigenvalue weighted by atomic mass is 10.1. The molecule has 1 aliphatic rings. The molecule has 0 spiro atoms. The SMILES string of the molecule is Cc1ccc(/C=C/C(=O)N(C)Cc2c(C)nn([C@@H]3CCS(=O)(=O)C3)c2C)s1. The van der Waals surface area contributed by atoms with Gasteiger partial charge >= 0.3 is 0 Å². The van der Waals surface area contributed by atoms with Crippen molar-refractivity contribution in [2.75, 3.05) is 18.6 Å². The molecular weight excluding hydrogens is 382 g/mol. The molecule has 8 heteroatoms. The van der Waals surface area contributed by atoms with Gasteiger partial charge in [0.25, 0.3) is 0 Å². The number of thiophene rings is 1.